The molecule has 4 nitrogen and oxygen atoms in total. The van der Waals surface area contributed by atoms with Gasteiger partial charge < -0.3 is 9.64 Å². The first-order valence-electron chi connectivity index (χ1n) is 9.96. The maximum Gasteiger partial charge on any atom is 0.140 e. The number of morpholine rings is 1. The van der Waals surface area contributed by atoms with Crippen molar-refractivity contribution in [2.45, 2.75) is 45.4 Å². The molecule has 0 bridgehead atoms. The molecule has 1 aliphatic heterocycles. The van der Waals surface area contributed by atoms with Crippen LogP contribution in [0.15, 0.2) is 24.3 Å². The van der Waals surface area contributed by atoms with Gasteiger partial charge in [0.1, 0.15) is 11.6 Å². The number of hydrogen-bond acceptors (Lipinski definition) is 4. The van der Waals surface area contributed by atoms with Crippen LogP contribution in [0.5, 0.6) is 0 Å². The Morgan fingerprint density at radius 3 is 2.69 bits per heavy atom. The van der Waals surface area contributed by atoms with E-state index < -0.39 is 0 Å². The normalized spacial score (nSPS) is 19.0. The molecule has 1 aromatic carbocycles. The predicted octanol–water partition coefficient (Wildman–Crippen LogP) is 4.07. The number of pyridine rings is 1. The number of rotatable bonds is 4. The first kappa shape index (κ1) is 17.5. The molecule has 2 fully saturated rings. The van der Waals surface area contributed by atoms with Crippen molar-refractivity contribution in [2.75, 3.05) is 31.2 Å². The number of anilines is 1. The molecule has 1 aromatic heterocycles. The summed E-state index contributed by atoms with van der Waals surface area (Å²) in [5.41, 5.74) is 3.36. The fraction of sp³-hybridized carbons (Fsp3) is 0.545. The minimum Gasteiger partial charge on any atom is -0.378 e. The molecule has 0 atom stereocenters. The summed E-state index contributed by atoms with van der Waals surface area (Å²) in [5, 5.41) is 1.16. The highest BCUT2D eigenvalue weighted by Crippen LogP contribution is 2.27. The van der Waals surface area contributed by atoms with Crippen molar-refractivity contribution < 1.29 is 9.53 Å². The minimum atomic E-state index is 0.280. The van der Waals surface area contributed by atoms with Gasteiger partial charge in [-0.05, 0) is 49.1 Å². The topological polar surface area (TPSA) is 42.4 Å². The minimum absolute atomic E-state index is 0.280. The zero-order valence-corrected chi connectivity index (χ0v) is 15.7. The lowest BCUT2D eigenvalue weighted by atomic mass is 9.84. The number of nitrogens with zero attached hydrogens (tertiary/aromatic N) is 2. The molecule has 0 radical (unpaired) electrons. The lowest BCUT2D eigenvalue weighted by molar-refractivity contribution is -0.123. The Bertz CT molecular complexity index is 790. The summed E-state index contributed by atoms with van der Waals surface area (Å²) in [6, 6.07) is 8.50. The molecule has 0 N–H and O–H groups in total. The van der Waals surface area contributed by atoms with E-state index in [4.69, 9.17) is 9.72 Å². The molecule has 0 unspecified atom stereocenters. The Morgan fingerprint density at radius 2 is 1.92 bits per heavy atom. The van der Waals surface area contributed by atoms with Gasteiger partial charge in [-0.3, -0.25) is 4.79 Å². The number of carbonyl (C=O) groups is 1. The van der Waals surface area contributed by atoms with Crippen molar-refractivity contribution in [3.8, 4) is 0 Å². The summed E-state index contributed by atoms with van der Waals surface area (Å²) in [6.07, 6.45) is 6.43. The van der Waals surface area contributed by atoms with Gasteiger partial charge in [0.25, 0.3) is 0 Å². The van der Waals surface area contributed by atoms with E-state index in [-0.39, 0.29) is 5.92 Å². The van der Waals surface area contributed by atoms with Gasteiger partial charge >= 0.3 is 0 Å². The van der Waals surface area contributed by atoms with E-state index in [2.05, 4.69) is 36.1 Å². The number of ketones is 1. The predicted molar refractivity (Wildman–Crippen MR) is 105 cm³/mol. The number of aryl methyl sites for hydroxylation is 1. The van der Waals surface area contributed by atoms with Crippen molar-refractivity contribution in [1.29, 1.82) is 0 Å². The zero-order valence-electron chi connectivity index (χ0n) is 15.7. The van der Waals surface area contributed by atoms with Gasteiger partial charge in [-0.2, -0.15) is 0 Å². The van der Waals surface area contributed by atoms with E-state index in [0.717, 1.165) is 61.4 Å². The molecule has 2 aromatic rings. The zero-order chi connectivity index (χ0) is 17.9. The second-order valence-electron chi connectivity index (χ2n) is 7.73. The SMILES string of the molecule is Cc1cc(N2CCOCC2)nc2ccc(CC(=O)C3CCCCC3)cc12. The Kier molecular flexibility index (Phi) is 5.21. The summed E-state index contributed by atoms with van der Waals surface area (Å²) in [5.74, 6) is 1.73. The fourth-order valence-electron chi connectivity index (χ4n) is 4.26. The van der Waals surface area contributed by atoms with Crippen LogP contribution in [0.2, 0.25) is 0 Å². The van der Waals surface area contributed by atoms with Gasteiger partial charge in [-0.25, -0.2) is 4.98 Å². The Hall–Kier alpha value is -1.94. The lowest BCUT2D eigenvalue weighted by Crippen LogP contribution is -2.36. The van der Waals surface area contributed by atoms with Crippen molar-refractivity contribution in [2.24, 2.45) is 5.92 Å². The van der Waals surface area contributed by atoms with E-state index in [1.54, 1.807) is 0 Å². The van der Waals surface area contributed by atoms with E-state index in [0.29, 0.717) is 12.2 Å². The van der Waals surface area contributed by atoms with Gasteiger partial charge in [-0.15, -0.1) is 0 Å². The third-order valence-electron chi connectivity index (χ3n) is 5.84. The highest BCUT2D eigenvalue weighted by Gasteiger charge is 2.21. The second kappa shape index (κ2) is 7.75. The van der Waals surface area contributed by atoms with Gasteiger partial charge in [0.15, 0.2) is 0 Å². The van der Waals surface area contributed by atoms with E-state index >= 15 is 0 Å². The molecular formula is C22H28N2O2. The van der Waals surface area contributed by atoms with Crippen molar-refractivity contribution in [3.63, 3.8) is 0 Å². The van der Waals surface area contributed by atoms with Gasteiger partial charge in [0.2, 0.25) is 0 Å². The van der Waals surface area contributed by atoms with Crippen LogP contribution in [0.25, 0.3) is 10.9 Å². The average molecular weight is 352 g/mol. The second-order valence-corrected chi connectivity index (χ2v) is 7.73. The van der Waals surface area contributed by atoms with Crippen LogP contribution in [-0.2, 0) is 16.0 Å². The Labute approximate surface area is 155 Å². The Morgan fingerprint density at radius 1 is 1.15 bits per heavy atom. The highest BCUT2D eigenvalue weighted by atomic mass is 16.5. The van der Waals surface area contributed by atoms with Crippen molar-refractivity contribution in [1.82, 2.24) is 4.98 Å². The smallest absolute Gasteiger partial charge is 0.140 e. The summed E-state index contributed by atoms with van der Waals surface area (Å²) < 4.78 is 5.44. The summed E-state index contributed by atoms with van der Waals surface area (Å²) in [4.78, 5) is 19.8. The van der Waals surface area contributed by atoms with Crippen LogP contribution in [0, 0.1) is 12.8 Å². The van der Waals surface area contributed by atoms with E-state index in [1.807, 2.05) is 0 Å². The summed E-state index contributed by atoms with van der Waals surface area (Å²) in [7, 11) is 0. The third kappa shape index (κ3) is 3.75. The number of hydrogen-bond donors (Lipinski definition) is 0. The van der Waals surface area contributed by atoms with E-state index in [1.165, 1.54) is 24.8 Å². The number of aromatic nitrogens is 1. The maximum absolute atomic E-state index is 12.6. The van der Waals surface area contributed by atoms with Crippen molar-refractivity contribution >= 4 is 22.5 Å². The number of benzene rings is 1. The number of fused-ring (bicyclic) bond motifs is 1. The average Bonchev–Trinajstić information content (AvgIpc) is 2.69. The fourth-order valence-corrected chi connectivity index (χ4v) is 4.26. The van der Waals surface area contributed by atoms with Crippen LogP contribution in [0.1, 0.15) is 43.2 Å². The van der Waals surface area contributed by atoms with Crippen LogP contribution >= 0.6 is 0 Å². The molecule has 0 spiro atoms. The molecule has 1 saturated heterocycles. The van der Waals surface area contributed by atoms with Crippen molar-refractivity contribution in [3.05, 3.63) is 35.4 Å². The van der Waals surface area contributed by atoms with Crippen LogP contribution in [-0.4, -0.2) is 37.1 Å². The quantitative estimate of drug-likeness (QED) is 0.832. The van der Waals surface area contributed by atoms with Crippen LogP contribution < -0.4 is 4.90 Å². The molecule has 2 aliphatic rings. The molecule has 4 heteroatoms. The lowest BCUT2D eigenvalue weighted by Gasteiger charge is -2.28. The molecule has 2 heterocycles. The number of ether oxygens (including phenoxy) is 1. The summed E-state index contributed by atoms with van der Waals surface area (Å²) in [6.45, 7) is 5.46. The first-order valence-corrected chi connectivity index (χ1v) is 9.96. The Balaban J connectivity index is 1.55. The number of carbonyl (C=O) groups excluding carboxylic acids is 1. The van der Waals surface area contributed by atoms with E-state index in [9.17, 15) is 4.79 Å². The maximum atomic E-state index is 12.6. The molecule has 138 valence electrons. The largest absolute Gasteiger partial charge is 0.378 e. The van der Waals surface area contributed by atoms with Gasteiger partial charge in [0.05, 0.1) is 18.7 Å². The standard InChI is InChI=1S/C22H28N2O2/c1-16-13-22(24-9-11-26-12-10-24)23-20-8-7-17(14-19(16)20)15-21(25)18-5-3-2-4-6-18/h7-8,13-14,18H,2-6,9-12,15H2,1H3. The highest BCUT2D eigenvalue weighted by molar-refractivity contribution is 5.88. The third-order valence-corrected chi connectivity index (χ3v) is 5.84. The summed E-state index contributed by atoms with van der Waals surface area (Å²) >= 11 is 0. The molecule has 4 rings (SSSR count). The van der Waals surface area contributed by atoms with Crippen LogP contribution in [0.4, 0.5) is 5.82 Å². The van der Waals surface area contributed by atoms with Gasteiger partial charge in [0, 0.05) is 30.8 Å². The molecule has 26 heavy (non-hydrogen) atoms. The van der Waals surface area contributed by atoms with Crippen LogP contribution in [0.3, 0.4) is 0 Å². The molecule has 1 aliphatic carbocycles. The first-order chi connectivity index (χ1) is 12.7. The number of Topliss-reactive ketones (excluding diaryl/α,β-unsaturated/α-hetero) is 1. The van der Waals surface area contributed by atoms with Gasteiger partial charge in [-0.1, -0.05) is 25.3 Å². The monoisotopic (exact) mass is 352 g/mol. The molecule has 1 saturated carbocycles. The molecule has 0 amide bonds. The molecular weight excluding hydrogens is 324 g/mol.